The van der Waals surface area contributed by atoms with Crippen molar-refractivity contribution in [3.05, 3.63) is 22.7 Å². The Labute approximate surface area is 157 Å². The lowest BCUT2D eigenvalue weighted by atomic mass is 10.2. The maximum absolute atomic E-state index is 12.3. The van der Waals surface area contributed by atoms with Gasteiger partial charge in [0.1, 0.15) is 12.3 Å². The molecule has 1 heterocycles. The smallest absolute Gasteiger partial charge is 0.265 e. The number of carbonyl (C=O) groups is 2. The van der Waals surface area contributed by atoms with Crippen LogP contribution in [0.15, 0.2) is 22.7 Å². The molecule has 25 heavy (non-hydrogen) atoms. The first-order valence-electron chi connectivity index (χ1n) is 8.54. The van der Waals surface area contributed by atoms with Crippen molar-refractivity contribution in [1.82, 2.24) is 10.2 Å². The van der Waals surface area contributed by atoms with Crippen LogP contribution in [0.3, 0.4) is 0 Å². The molecule has 138 valence electrons. The molecule has 0 unspecified atom stereocenters. The van der Waals surface area contributed by atoms with Crippen molar-refractivity contribution < 1.29 is 14.3 Å². The summed E-state index contributed by atoms with van der Waals surface area (Å²) in [4.78, 5) is 28.2. The molecule has 0 aromatic heterocycles. The Hall–Kier alpha value is -1.60. The zero-order chi connectivity index (χ0) is 18.6. The number of carbonyl (C=O) groups excluding carboxylic acids is 2. The van der Waals surface area contributed by atoms with Crippen LogP contribution < -0.4 is 15.0 Å². The van der Waals surface area contributed by atoms with Crippen LogP contribution in [0.4, 0.5) is 5.69 Å². The highest BCUT2D eigenvalue weighted by molar-refractivity contribution is 9.10. The third-order valence-electron chi connectivity index (χ3n) is 4.19. The highest BCUT2D eigenvalue weighted by Crippen LogP contribution is 2.34. The van der Waals surface area contributed by atoms with Crippen LogP contribution >= 0.6 is 15.9 Å². The number of halogens is 1. The summed E-state index contributed by atoms with van der Waals surface area (Å²) in [7, 11) is 0. The van der Waals surface area contributed by atoms with E-state index >= 15 is 0 Å². The van der Waals surface area contributed by atoms with E-state index in [1.165, 1.54) is 4.90 Å². The second-order valence-electron chi connectivity index (χ2n) is 6.66. The van der Waals surface area contributed by atoms with E-state index in [9.17, 15) is 9.59 Å². The van der Waals surface area contributed by atoms with Gasteiger partial charge in [0.05, 0.1) is 5.69 Å². The molecule has 0 saturated carbocycles. The average molecular weight is 412 g/mol. The van der Waals surface area contributed by atoms with Gasteiger partial charge in [0, 0.05) is 29.6 Å². The fourth-order valence-corrected chi connectivity index (χ4v) is 3.33. The molecule has 1 aromatic carbocycles. The van der Waals surface area contributed by atoms with Crippen molar-refractivity contribution in [3.8, 4) is 5.75 Å². The number of anilines is 1. The van der Waals surface area contributed by atoms with E-state index in [1.807, 2.05) is 6.07 Å². The average Bonchev–Trinajstić information content (AvgIpc) is 2.53. The second-order valence-corrected chi connectivity index (χ2v) is 7.57. The number of hydrogen-bond acceptors (Lipinski definition) is 4. The van der Waals surface area contributed by atoms with Crippen molar-refractivity contribution in [2.24, 2.45) is 0 Å². The Morgan fingerprint density at radius 3 is 2.64 bits per heavy atom. The van der Waals surface area contributed by atoms with E-state index in [2.05, 4.69) is 53.8 Å². The van der Waals surface area contributed by atoms with Crippen LogP contribution in [0.25, 0.3) is 0 Å². The molecule has 0 aliphatic carbocycles. The van der Waals surface area contributed by atoms with E-state index in [0.717, 1.165) is 11.0 Å². The van der Waals surface area contributed by atoms with E-state index in [0.29, 0.717) is 30.1 Å². The number of rotatable bonds is 7. The molecule has 0 fully saturated rings. The fraction of sp³-hybridized carbons (Fsp3) is 0.556. The quantitative estimate of drug-likeness (QED) is 0.747. The van der Waals surface area contributed by atoms with Gasteiger partial charge in [-0.05, 0) is 45.9 Å². The predicted octanol–water partition coefficient (Wildman–Crippen LogP) is 2.41. The summed E-state index contributed by atoms with van der Waals surface area (Å²) in [5, 5.41) is 2.91. The van der Waals surface area contributed by atoms with Gasteiger partial charge in [0.25, 0.3) is 5.91 Å². The molecule has 7 heteroatoms. The van der Waals surface area contributed by atoms with Gasteiger partial charge in [-0.2, -0.15) is 0 Å². The molecule has 1 aliphatic heterocycles. The van der Waals surface area contributed by atoms with Gasteiger partial charge in [-0.1, -0.05) is 15.9 Å². The van der Waals surface area contributed by atoms with Crippen LogP contribution in [0.2, 0.25) is 0 Å². The number of hydrogen-bond donors (Lipinski definition) is 1. The molecular formula is C18H26BrN3O3. The van der Waals surface area contributed by atoms with Gasteiger partial charge < -0.3 is 10.1 Å². The molecule has 6 nitrogen and oxygen atoms in total. The van der Waals surface area contributed by atoms with E-state index in [-0.39, 0.29) is 25.0 Å². The lowest BCUT2D eigenvalue weighted by Crippen LogP contribution is -2.47. The SMILES string of the molecule is CC(C)N(CCNC(=O)CN1C(=O)COc2cc(Br)ccc21)C(C)C. The molecule has 1 N–H and O–H groups in total. The van der Waals surface area contributed by atoms with E-state index < -0.39 is 0 Å². The van der Waals surface area contributed by atoms with Crippen LogP contribution in [0, 0.1) is 0 Å². The Balaban J connectivity index is 1.93. The Morgan fingerprint density at radius 2 is 2.00 bits per heavy atom. The second kappa shape index (κ2) is 8.67. The number of nitrogens with one attached hydrogen (secondary N) is 1. The first kappa shape index (κ1) is 19.7. The Kier molecular flexibility index (Phi) is 6.84. The summed E-state index contributed by atoms with van der Waals surface area (Å²) in [5.41, 5.74) is 0.626. The van der Waals surface area contributed by atoms with Crippen molar-refractivity contribution in [2.45, 2.75) is 39.8 Å². The van der Waals surface area contributed by atoms with Gasteiger partial charge in [-0.15, -0.1) is 0 Å². The van der Waals surface area contributed by atoms with Gasteiger partial charge >= 0.3 is 0 Å². The zero-order valence-corrected chi connectivity index (χ0v) is 16.8. The minimum atomic E-state index is -0.212. The lowest BCUT2D eigenvalue weighted by Gasteiger charge is -2.31. The van der Waals surface area contributed by atoms with Crippen LogP contribution in [-0.4, -0.2) is 55.0 Å². The number of ether oxygens (including phenoxy) is 1. The van der Waals surface area contributed by atoms with Gasteiger partial charge in [0.2, 0.25) is 5.91 Å². The van der Waals surface area contributed by atoms with Crippen molar-refractivity contribution in [1.29, 1.82) is 0 Å². The van der Waals surface area contributed by atoms with Gasteiger partial charge in [0.15, 0.2) is 6.61 Å². The minimum Gasteiger partial charge on any atom is -0.482 e. The maximum atomic E-state index is 12.3. The number of benzene rings is 1. The first-order chi connectivity index (χ1) is 11.8. The fourth-order valence-electron chi connectivity index (χ4n) is 2.99. The van der Waals surface area contributed by atoms with Crippen molar-refractivity contribution in [3.63, 3.8) is 0 Å². The Morgan fingerprint density at radius 1 is 1.32 bits per heavy atom. The summed E-state index contributed by atoms with van der Waals surface area (Å²) < 4.78 is 6.30. The predicted molar refractivity (Wildman–Crippen MR) is 102 cm³/mol. The summed E-state index contributed by atoms with van der Waals surface area (Å²) in [6.07, 6.45) is 0. The monoisotopic (exact) mass is 411 g/mol. The summed E-state index contributed by atoms with van der Waals surface area (Å²) in [6.45, 7) is 9.85. The minimum absolute atomic E-state index is 0.000181. The standard InChI is InChI=1S/C18H26BrN3O3/c1-12(2)21(13(3)4)8-7-20-17(23)10-22-15-6-5-14(19)9-16(15)25-11-18(22)24/h5-6,9,12-13H,7-8,10-11H2,1-4H3,(H,20,23). The lowest BCUT2D eigenvalue weighted by molar-refractivity contribution is -0.125. The summed E-state index contributed by atoms with van der Waals surface area (Å²) >= 11 is 3.38. The topological polar surface area (TPSA) is 61.9 Å². The first-order valence-corrected chi connectivity index (χ1v) is 9.34. The summed E-state index contributed by atoms with van der Waals surface area (Å²) in [6, 6.07) is 6.25. The van der Waals surface area contributed by atoms with Crippen molar-refractivity contribution >= 4 is 33.4 Å². The van der Waals surface area contributed by atoms with Crippen molar-refractivity contribution in [2.75, 3.05) is 31.1 Å². The molecule has 2 rings (SSSR count). The molecule has 0 bridgehead atoms. The molecule has 1 aliphatic rings. The number of nitrogens with zero attached hydrogens (tertiary/aromatic N) is 2. The highest BCUT2D eigenvalue weighted by atomic mass is 79.9. The molecule has 0 radical (unpaired) electrons. The zero-order valence-electron chi connectivity index (χ0n) is 15.2. The van der Waals surface area contributed by atoms with Gasteiger partial charge in [-0.3, -0.25) is 19.4 Å². The molecule has 1 aromatic rings. The third-order valence-corrected chi connectivity index (χ3v) is 4.68. The Bertz CT molecular complexity index is 626. The molecule has 0 saturated heterocycles. The number of fused-ring (bicyclic) bond motifs is 1. The van der Waals surface area contributed by atoms with Crippen LogP contribution in [-0.2, 0) is 9.59 Å². The summed E-state index contributed by atoms with van der Waals surface area (Å²) in [5.74, 6) is 0.222. The molecular weight excluding hydrogens is 386 g/mol. The van der Waals surface area contributed by atoms with Crippen LogP contribution in [0.5, 0.6) is 5.75 Å². The van der Waals surface area contributed by atoms with Crippen LogP contribution in [0.1, 0.15) is 27.7 Å². The van der Waals surface area contributed by atoms with E-state index in [1.54, 1.807) is 12.1 Å². The molecule has 2 amide bonds. The number of amides is 2. The normalized spacial score (nSPS) is 14.1. The van der Waals surface area contributed by atoms with E-state index in [4.69, 9.17) is 4.74 Å². The third kappa shape index (κ3) is 5.19. The highest BCUT2D eigenvalue weighted by Gasteiger charge is 2.27. The molecule has 0 atom stereocenters. The largest absolute Gasteiger partial charge is 0.482 e. The maximum Gasteiger partial charge on any atom is 0.265 e. The van der Waals surface area contributed by atoms with Gasteiger partial charge in [-0.25, -0.2) is 0 Å². The molecule has 0 spiro atoms.